The van der Waals surface area contributed by atoms with Crippen molar-refractivity contribution in [3.8, 4) is 0 Å². The number of aromatic nitrogens is 3. The molecule has 0 saturated carbocycles. The lowest BCUT2D eigenvalue weighted by molar-refractivity contribution is -0.121. The molecule has 2 aromatic rings. The molecule has 1 aromatic carbocycles. The van der Waals surface area contributed by atoms with Gasteiger partial charge in [-0.1, -0.05) is 35.5 Å². The molecule has 1 unspecified atom stereocenters. The summed E-state index contributed by atoms with van der Waals surface area (Å²) >= 11 is 0. The molecule has 1 N–H and O–H groups in total. The van der Waals surface area contributed by atoms with Gasteiger partial charge in [0.2, 0.25) is 0 Å². The van der Waals surface area contributed by atoms with Crippen LogP contribution in [-0.2, 0) is 11.8 Å². The van der Waals surface area contributed by atoms with E-state index in [1.54, 1.807) is 4.68 Å². The minimum Gasteiger partial charge on any atom is -0.301 e. The van der Waals surface area contributed by atoms with Crippen molar-refractivity contribution >= 4 is 5.78 Å². The standard InChI is InChI=1S/C14H16N4O/c1-18-9-14(16-17-18)13-8-11(19)7-12(15-13)10-5-3-2-4-6-10/h2-6,9,12-13,15H,7-8H2,1H3/t12?,13-/m1/s1. The molecule has 1 aliphatic rings. The van der Waals surface area contributed by atoms with Gasteiger partial charge in [0.15, 0.2) is 0 Å². The molecule has 3 rings (SSSR count). The quantitative estimate of drug-likeness (QED) is 0.885. The SMILES string of the molecule is Cn1cc([C@H]2CC(=O)CC(c3ccccc3)N2)nn1. The van der Waals surface area contributed by atoms with E-state index in [0.717, 1.165) is 11.3 Å². The van der Waals surface area contributed by atoms with Gasteiger partial charge in [-0.05, 0) is 5.56 Å². The number of piperidine rings is 1. The molecule has 2 atom stereocenters. The third kappa shape index (κ3) is 2.56. The number of hydrogen-bond donors (Lipinski definition) is 1. The second-order valence-electron chi connectivity index (χ2n) is 4.95. The molecule has 0 bridgehead atoms. The molecule has 1 fully saturated rings. The van der Waals surface area contributed by atoms with E-state index in [0.29, 0.717) is 12.8 Å². The van der Waals surface area contributed by atoms with Crippen LogP contribution in [0.5, 0.6) is 0 Å². The van der Waals surface area contributed by atoms with Crippen LogP contribution in [0.4, 0.5) is 0 Å². The Labute approximate surface area is 111 Å². The average Bonchev–Trinajstić information content (AvgIpc) is 2.86. The first kappa shape index (κ1) is 12.0. The van der Waals surface area contributed by atoms with Gasteiger partial charge in [-0.2, -0.15) is 0 Å². The maximum Gasteiger partial charge on any atom is 0.136 e. The van der Waals surface area contributed by atoms with Crippen molar-refractivity contribution in [2.75, 3.05) is 0 Å². The van der Waals surface area contributed by atoms with Crippen LogP contribution in [0.25, 0.3) is 0 Å². The molecule has 98 valence electrons. The molecule has 0 radical (unpaired) electrons. The predicted molar refractivity (Wildman–Crippen MR) is 70.3 cm³/mol. The second kappa shape index (κ2) is 4.93. The van der Waals surface area contributed by atoms with Gasteiger partial charge in [0.1, 0.15) is 11.5 Å². The molecule has 5 heteroatoms. The Bertz CT molecular complexity index is 578. The fraction of sp³-hybridized carbons (Fsp3) is 0.357. The van der Waals surface area contributed by atoms with Crippen molar-refractivity contribution < 1.29 is 4.79 Å². The summed E-state index contributed by atoms with van der Waals surface area (Å²) in [6.07, 6.45) is 2.89. The third-order valence-corrected chi connectivity index (χ3v) is 3.45. The minimum absolute atomic E-state index is 0.0415. The Hall–Kier alpha value is -2.01. The average molecular weight is 256 g/mol. The largest absolute Gasteiger partial charge is 0.301 e. The van der Waals surface area contributed by atoms with E-state index in [1.165, 1.54) is 0 Å². The molecule has 5 nitrogen and oxygen atoms in total. The zero-order valence-corrected chi connectivity index (χ0v) is 10.8. The monoisotopic (exact) mass is 256 g/mol. The fourth-order valence-corrected chi connectivity index (χ4v) is 2.51. The lowest BCUT2D eigenvalue weighted by atomic mass is 9.91. The summed E-state index contributed by atoms with van der Waals surface area (Å²) in [5.41, 5.74) is 1.97. The highest BCUT2D eigenvalue weighted by molar-refractivity contribution is 5.81. The van der Waals surface area contributed by atoms with Crippen molar-refractivity contribution in [1.82, 2.24) is 20.3 Å². The number of hydrogen-bond acceptors (Lipinski definition) is 4. The first-order valence-corrected chi connectivity index (χ1v) is 6.41. The van der Waals surface area contributed by atoms with Crippen molar-refractivity contribution in [3.63, 3.8) is 0 Å². The van der Waals surface area contributed by atoms with Crippen LogP contribution >= 0.6 is 0 Å². The van der Waals surface area contributed by atoms with Crippen molar-refractivity contribution in [2.24, 2.45) is 7.05 Å². The number of ketones is 1. The minimum atomic E-state index is -0.0415. The Balaban J connectivity index is 1.83. The molecule has 0 amide bonds. The molecule has 1 aliphatic heterocycles. The van der Waals surface area contributed by atoms with E-state index in [9.17, 15) is 4.79 Å². The van der Waals surface area contributed by atoms with Crippen LogP contribution in [0.3, 0.4) is 0 Å². The summed E-state index contributed by atoms with van der Waals surface area (Å²) in [6.45, 7) is 0. The maximum atomic E-state index is 11.9. The van der Waals surface area contributed by atoms with E-state index in [4.69, 9.17) is 0 Å². The van der Waals surface area contributed by atoms with Gasteiger partial charge < -0.3 is 5.32 Å². The van der Waals surface area contributed by atoms with Crippen molar-refractivity contribution in [3.05, 3.63) is 47.8 Å². The smallest absolute Gasteiger partial charge is 0.136 e. The first-order valence-electron chi connectivity index (χ1n) is 6.41. The van der Waals surface area contributed by atoms with E-state index < -0.39 is 0 Å². The van der Waals surface area contributed by atoms with Gasteiger partial charge in [0.25, 0.3) is 0 Å². The number of benzene rings is 1. The van der Waals surface area contributed by atoms with Gasteiger partial charge in [-0.15, -0.1) is 5.10 Å². The van der Waals surface area contributed by atoms with Crippen molar-refractivity contribution in [1.29, 1.82) is 0 Å². The highest BCUT2D eigenvalue weighted by atomic mass is 16.1. The summed E-state index contributed by atoms with van der Waals surface area (Å²) in [5, 5.41) is 11.5. The highest BCUT2D eigenvalue weighted by Crippen LogP contribution is 2.29. The number of carbonyl (C=O) groups is 1. The van der Waals surface area contributed by atoms with Crippen LogP contribution in [0, 0.1) is 0 Å². The Morgan fingerprint density at radius 2 is 1.95 bits per heavy atom. The second-order valence-corrected chi connectivity index (χ2v) is 4.95. The van der Waals surface area contributed by atoms with Crippen LogP contribution in [0.15, 0.2) is 36.5 Å². The predicted octanol–water partition coefficient (Wildman–Crippen LogP) is 1.55. The normalized spacial score (nSPS) is 23.5. The lowest BCUT2D eigenvalue weighted by Crippen LogP contribution is -2.35. The summed E-state index contributed by atoms with van der Waals surface area (Å²) in [4.78, 5) is 11.9. The summed E-state index contributed by atoms with van der Waals surface area (Å²) < 4.78 is 1.66. The molecule has 2 heterocycles. The van der Waals surface area contributed by atoms with Crippen LogP contribution < -0.4 is 5.32 Å². The zero-order valence-electron chi connectivity index (χ0n) is 10.8. The number of nitrogens with zero attached hydrogens (tertiary/aromatic N) is 3. The van der Waals surface area contributed by atoms with E-state index in [-0.39, 0.29) is 17.9 Å². The number of aryl methyl sites for hydroxylation is 1. The Morgan fingerprint density at radius 3 is 2.63 bits per heavy atom. The maximum absolute atomic E-state index is 11.9. The van der Waals surface area contributed by atoms with Crippen LogP contribution in [0.2, 0.25) is 0 Å². The van der Waals surface area contributed by atoms with Gasteiger partial charge in [-0.3, -0.25) is 9.48 Å². The number of rotatable bonds is 2. The highest BCUT2D eigenvalue weighted by Gasteiger charge is 2.29. The molecule has 0 aliphatic carbocycles. The van der Waals surface area contributed by atoms with E-state index >= 15 is 0 Å². The van der Waals surface area contributed by atoms with E-state index in [2.05, 4.69) is 15.6 Å². The Morgan fingerprint density at radius 1 is 1.21 bits per heavy atom. The summed E-state index contributed by atoms with van der Waals surface area (Å²) in [5.74, 6) is 0.267. The molecular formula is C14H16N4O. The van der Waals surface area contributed by atoms with Gasteiger partial charge in [0, 0.05) is 32.1 Å². The zero-order chi connectivity index (χ0) is 13.2. The topological polar surface area (TPSA) is 59.8 Å². The molecule has 0 spiro atoms. The first-order chi connectivity index (χ1) is 9.22. The van der Waals surface area contributed by atoms with Crippen LogP contribution in [0.1, 0.15) is 36.2 Å². The molecule has 1 saturated heterocycles. The molecule has 19 heavy (non-hydrogen) atoms. The molecular weight excluding hydrogens is 240 g/mol. The number of nitrogens with one attached hydrogen (secondary N) is 1. The fourth-order valence-electron chi connectivity index (χ4n) is 2.51. The lowest BCUT2D eigenvalue weighted by Gasteiger charge is -2.29. The van der Waals surface area contributed by atoms with Gasteiger partial charge in [-0.25, -0.2) is 0 Å². The van der Waals surface area contributed by atoms with Crippen LogP contribution in [-0.4, -0.2) is 20.8 Å². The third-order valence-electron chi connectivity index (χ3n) is 3.45. The van der Waals surface area contributed by atoms with Crippen molar-refractivity contribution in [2.45, 2.75) is 24.9 Å². The van der Waals surface area contributed by atoms with E-state index in [1.807, 2.05) is 43.6 Å². The molecule has 1 aromatic heterocycles. The number of carbonyl (C=O) groups excluding carboxylic acids is 1. The van der Waals surface area contributed by atoms with Gasteiger partial charge >= 0.3 is 0 Å². The summed E-state index contributed by atoms with van der Waals surface area (Å²) in [6, 6.07) is 10.1. The Kier molecular flexibility index (Phi) is 3.13. The summed E-state index contributed by atoms with van der Waals surface area (Å²) in [7, 11) is 1.83. The van der Waals surface area contributed by atoms with Gasteiger partial charge in [0.05, 0.1) is 6.04 Å². The number of Topliss-reactive ketones (excluding diaryl/α,β-unsaturated/α-hetero) is 1.